The molecule has 3 aromatic carbocycles. The lowest BCUT2D eigenvalue weighted by Crippen LogP contribution is -2.46. The third-order valence-electron chi connectivity index (χ3n) is 15.3. The number of fused-ring (bicyclic) bond motifs is 4. The number of aliphatic carboxylic acids is 1. The van der Waals surface area contributed by atoms with E-state index in [0.29, 0.717) is 70.8 Å². The number of carboxylic acid groups (broad SMARTS) is 1. The predicted octanol–water partition coefficient (Wildman–Crippen LogP) is 14.9. The largest absolute Gasteiger partial charge is 0.478 e. The second-order valence-electron chi connectivity index (χ2n) is 20.9. The number of carboxylic acids is 1. The zero-order valence-corrected chi connectivity index (χ0v) is 56.3. The summed E-state index contributed by atoms with van der Waals surface area (Å²) in [5, 5.41) is 35.4. The SMILES string of the molecule is C.C.CC1=C(C(=O)N2CCCC2C(N)=O)C(c2ccc(Cl)c(Cl)c2)n2nccc2N1.CC1=C(C(=O)O)C(c2ccc(Cl)c(Cl)c2)n2nccc2N1.CC1=C(c2nc(Cl)c3n2CCC3)C(c2ccc(Cl)c(Cl)c2)n2nccc2N1.NC(=O)C1CCCN1.O=P(Cl)(Cl)Cl.[B]. The predicted molar refractivity (Wildman–Crippen MR) is 371 cm³/mol. The fourth-order valence-corrected chi connectivity index (χ4v) is 12.6. The number of halogens is 10. The molecule has 5 unspecified atom stereocenters. The Morgan fingerprint density at radius 1 is 0.587 bits per heavy atom. The van der Waals surface area contributed by atoms with Gasteiger partial charge in [0.15, 0.2) is 5.15 Å². The van der Waals surface area contributed by atoms with E-state index in [2.05, 4.69) is 81.8 Å². The summed E-state index contributed by atoms with van der Waals surface area (Å²) in [6, 6.07) is 19.7. The lowest BCUT2D eigenvalue weighted by Gasteiger charge is -2.33. The first-order valence-corrected chi connectivity index (χ1v) is 34.5. The van der Waals surface area contributed by atoms with E-state index in [1.165, 1.54) is 0 Å². The average Bonchev–Trinajstić information content (AvgIpc) is 1.51. The molecule has 10 heterocycles. The number of hydrogen-bond donors (Lipinski definition) is 7. The minimum atomic E-state index is -3.22. The Hall–Kier alpha value is -5.85. The van der Waals surface area contributed by atoms with Crippen LogP contribution in [0.4, 0.5) is 17.5 Å². The minimum absolute atomic E-state index is 0. The topological polar surface area (TPSA) is 280 Å². The molecule has 489 valence electrons. The summed E-state index contributed by atoms with van der Waals surface area (Å²) in [6.07, 6.45) is 10.4. The minimum Gasteiger partial charge on any atom is -0.478 e. The van der Waals surface area contributed by atoms with Crippen molar-refractivity contribution in [1.29, 1.82) is 0 Å². The molecule has 0 spiro atoms. The van der Waals surface area contributed by atoms with Gasteiger partial charge in [-0.2, -0.15) is 15.3 Å². The fraction of sp³-hybridized carbons (Fsp3) is 0.322. The molecule has 3 radical (unpaired) electrons. The second kappa shape index (κ2) is 32.1. The van der Waals surface area contributed by atoms with Crippen LogP contribution in [0.2, 0.25) is 35.3 Å². The number of allylic oxidation sites excluding steroid dienone is 4. The fourth-order valence-electron chi connectivity index (χ4n) is 11.4. The Kier molecular flexibility index (Phi) is 26.2. The molecule has 92 heavy (non-hydrogen) atoms. The molecule has 7 aromatic rings. The van der Waals surface area contributed by atoms with Gasteiger partial charge in [-0.1, -0.05) is 114 Å². The van der Waals surface area contributed by atoms with Crippen LogP contribution in [0.25, 0.3) is 5.57 Å². The van der Waals surface area contributed by atoms with E-state index in [0.717, 1.165) is 96.6 Å². The number of likely N-dealkylation sites (tertiary alicyclic amines) is 1. The van der Waals surface area contributed by atoms with Crippen LogP contribution < -0.4 is 32.7 Å². The molecule has 0 aliphatic carbocycles. The van der Waals surface area contributed by atoms with Crippen molar-refractivity contribution in [1.82, 2.24) is 49.1 Å². The van der Waals surface area contributed by atoms with Gasteiger partial charge in [0.2, 0.25) is 11.8 Å². The maximum atomic E-state index is 13.5. The van der Waals surface area contributed by atoms with Gasteiger partial charge in [0, 0.05) is 62.4 Å². The molecule has 6 aliphatic rings. The number of nitrogens with zero attached hydrogens (tertiary/aromatic N) is 9. The van der Waals surface area contributed by atoms with Gasteiger partial charge in [0.1, 0.15) is 47.4 Å². The van der Waals surface area contributed by atoms with Crippen LogP contribution in [0.15, 0.2) is 120 Å². The lowest BCUT2D eigenvalue weighted by molar-refractivity contribution is -0.134. The number of benzene rings is 3. The highest BCUT2D eigenvalue weighted by molar-refractivity contribution is 8.24. The van der Waals surface area contributed by atoms with Gasteiger partial charge >= 0.3 is 11.2 Å². The maximum Gasteiger partial charge on any atom is 0.339 e. The van der Waals surface area contributed by atoms with Crippen molar-refractivity contribution in [2.24, 2.45) is 11.5 Å². The highest BCUT2D eigenvalue weighted by atomic mass is 36.0. The smallest absolute Gasteiger partial charge is 0.339 e. The van der Waals surface area contributed by atoms with E-state index in [1.807, 2.05) is 48.0 Å². The highest BCUT2D eigenvalue weighted by Crippen LogP contribution is 2.61. The Labute approximate surface area is 583 Å². The van der Waals surface area contributed by atoms with Gasteiger partial charge in [-0.15, -0.1) is 0 Å². The third-order valence-corrected chi connectivity index (χ3v) is 17.8. The number of nitrogens with one attached hydrogen (secondary N) is 4. The number of carbonyl (C=O) groups excluding carboxylic acids is 3. The second-order valence-corrected chi connectivity index (χ2v) is 30.4. The van der Waals surface area contributed by atoms with Crippen molar-refractivity contribution in [2.75, 3.05) is 29.0 Å². The molecule has 21 nitrogen and oxygen atoms in total. The van der Waals surface area contributed by atoms with Gasteiger partial charge in [0.25, 0.3) is 5.91 Å². The Bertz CT molecular complexity index is 4040. The third kappa shape index (κ3) is 16.8. The van der Waals surface area contributed by atoms with Crippen molar-refractivity contribution in [3.63, 3.8) is 0 Å². The van der Waals surface area contributed by atoms with Crippen molar-refractivity contribution in [2.45, 2.75) is 111 Å². The Morgan fingerprint density at radius 2 is 1.03 bits per heavy atom. The average molecular weight is 1480 g/mol. The number of carbonyl (C=O) groups is 4. The van der Waals surface area contributed by atoms with Crippen molar-refractivity contribution in [3.05, 3.63) is 183 Å². The van der Waals surface area contributed by atoms with Crippen LogP contribution in [0.5, 0.6) is 0 Å². The number of aromatic nitrogens is 8. The monoisotopic (exact) mass is 1470 g/mol. The molecule has 33 heteroatoms. The van der Waals surface area contributed by atoms with Crippen molar-refractivity contribution in [3.8, 4) is 0 Å². The van der Waals surface area contributed by atoms with Gasteiger partial charge in [-0.05, 0) is 153 Å². The Balaban J connectivity index is 0.000000198. The molecule has 2 fully saturated rings. The van der Waals surface area contributed by atoms with E-state index in [9.17, 15) is 28.8 Å². The first-order valence-electron chi connectivity index (χ1n) is 27.4. The van der Waals surface area contributed by atoms with Crippen LogP contribution in [0.1, 0.15) is 114 Å². The van der Waals surface area contributed by atoms with Crippen LogP contribution in [0, 0.1) is 0 Å². The molecule has 2 saturated heterocycles. The van der Waals surface area contributed by atoms with Crippen LogP contribution in [0.3, 0.4) is 0 Å². The molecule has 9 N–H and O–H groups in total. The van der Waals surface area contributed by atoms with Gasteiger partial charge < -0.3 is 47.3 Å². The summed E-state index contributed by atoms with van der Waals surface area (Å²) in [6.45, 7) is 7.97. The molecule has 0 saturated carbocycles. The van der Waals surface area contributed by atoms with E-state index in [1.54, 1.807) is 76.2 Å². The quantitative estimate of drug-likeness (QED) is 0.0550. The standard InChI is InChI=1S/C19H16Cl3N5.C19H19Cl2N5O2.C14H11Cl2N3O2.C5H10N2O.2CH4.B.Cl3OP/c1-10-16(19-25-18(22)14-3-2-8-26(14)19)17(27-15(24-10)6-7-23-27)11-4-5-12(20)13(21)9-11;1-10-16(19(28)25-8-2-3-14(25)18(22)27)17(26-15(24-10)6-7-23-26)11-4-5-12(20)13(21)9-11;1-7-12(14(20)21)13(19-11(18-7)4-5-17-19)8-2-3-9(15)10(16)6-8;6-5(8)4-2-1-3-7-4;;;;1-5(2,3)4/h4-7,9,17,24H,2-3,8H2,1H3;4-7,9,14,17,24H,2-3,8H2,1H3,(H2,22,27);2-6,13,18H,1H3,(H,20,21);4,7H,1-3H2,(H2,6,8);2*1H4;;. The van der Waals surface area contributed by atoms with E-state index in [-0.39, 0.29) is 52.7 Å². The number of amides is 3. The van der Waals surface area contributed by atoms with E-state index < -0.39 is 35.2 Å². The molecule has 0 bridgehead atoms. The number of rotatable bonds is 8. The summed E-state index contributed by atoms with van der Waals surface area (Å²) >= 11 is 57.1. The van der Waals surface area contributed by atoms with Crippen molar-refractivity contribution >= 4 is 175 Å². The number of anilines is 3. The van der Waals surface area contributed by atoms with E-state index >= 15 is 0 Å². The summed E-state index contributed by atoms with van der Waals surface area (Å²) in [7, 11) is 0. The van der Waals surface area contributed by atoms with Crippen molar-refractivity contribution < 1.29 is 28.8 Å². The summed E-state index contributed by atoms with van der Waals surface area (Å²) in [5.74, 6) is 1.36. The summed E-state index contributed by atoms with van der Waals surface area (Å²) in [4.78, 5) is 53.6. The zero-order chi connectivity index (χ0) is 64.3. The number of primary amides is 2. The molecular formula is C59H64BCl10N15O6P. The molecule has 6 aliphatic heterocycles. The van der Waals surface area contributed by atoms with Crippen LogP contribution >= 0.6 is 120 Å². The maximum absolute atomic E-state index is 13.5. The van der Waals surface area contributed by atoms with Gasteiger partial charge in [0.05, 0.1) is 71.6 Å². The molecule has 3 amide bonds. The van der Waals surface area contributed by atoms with Gasteiger partial charge in [-0.25, -0.2) is 23.8 Å². The Morgan fingerprint density at radius 3 is 1.46 bits per heavy atom. The van der Waals surface area contributed by atoms with E-state index in [4.69, 9.17) is 97.7 Å². The molecular weight excluding hydrogens is 1410 g/mol. The van der Waals surface area contributed by atoms with Crippen LogP contribution in [-0.2, 0) is 36.7 Å². The summed E-state index contributed by atoms with van der Waals surface area (Å²) in [5.41, 5.74) is 18.2. The summed E-state index contributed by atoms with van der Waals surface area (Å²) < 4.78 is 17.0. The first kappa shape index (κ1) is 75.2. The first-order chi connectivity index (χ1) is 42.2. The normalized spacial score (nSPS) is 19.0. The zero-order valence-electron chi connectivity index (χ0n) is 47.9. The lowest BCUT2D eigenvalue weighted by atomic mass is 9.94. The van der Waals surface area contributed by atoms with Gasteiger partial charge in [-0.3, -0.25) is 18.9 Å². The molecule has 5 atom stereocenters. The number of hydrogen-bond acceptors (Lipinski definition) is 13. The molecule has 4 aromatic heterocycles. The van der Waals surface area contributed by atoms with Crippen LogP contribution in [-0.4, -0.2) is 106 Å². The molecule has 13 rings (SSSR count). The number of nitrogens with two attached hydrogens (primary N) is 2. The highest BCUT2D eigenvalue weighted by Gasteiger charge is 2.41. The number of imidazole rings is 1.